The van der Waals surface area contributed by atoms with Gasteiger partial charge in [0.05, 0.1) is 6.57 Å². The molecule has 0 aromatic heterocycles. The Morgan fingerprint density at radius 3 is 2.92 bits per heavy atom. The first-order chi connectivity index (χ1) is 5.74. The van der Waals surface area contributed by atoms with Crippen molar-refractivity contribution in [3.8, 4) is 5.75 Å². The van der Waals surface area contributed by atoms with Gasteiger partial charge in [-0.25, -0.2) is 4.85 Å². The fourth-order valence-corrected chi connectivity index (χ4v) is 1.16. The molecule has 1 rings (SSSR count). The Morgan fingerprint density at radius 1 is 1.50 bits per heavy atom. The predicted molar refractivity (Wildman–Crippen MR) is 51.4 cm³/mol. The molecule has 12 heavy (non-hydrogen) atoms. The summed E-state index contributed by atoms with van der Waals surface area (Å²) in [4.78, 5) is 3.04. The van der Waals surface area contributed by atoms with Gasteiger partial charge in [-0.1, -0.05) is 22.0 Å². The van der Waals surface area contributed by atoms with E-state index in [9.17, 15) is 5.11 Å². The lowest BCUT2D eigenvalue weighted by Crippen LogP contribution is -1.73. The lowest BCUT2D eigenvalue weighted by Gasteiger charge is -1.98. The highest BCUT2D eigenvalue weighted by atomic mass is 79.9. The first kappa shape index (κ1) is 8.82. The standard InChI is InChI=1S/C9H6BrNO/c1-11-5-4-7-6-8(10)2-3-9(7)12/h2-6,12H. The van der Waals surface area contributed by atoms with Crippen LogP contribution < -0.4 is 0 Å². The Morgan fingerprint density at radius 2 is 2.25 bits per heavy atom. The molecule has 0 atom stereocenters. The summed E-state index contributed by atoms with van der Waals surface area (Å²) in [6, 6.07) is 5.06. The lowest BCUT2D eigenvalue weighted by atomic mass is 10.2. The minimum atomic E-state index is 0.179. The maximum atomic E-state index is 9.29. The summed E-state index contributed by atoms with van der Waals surface area (Å²) < 4.78 is 0.880. The van der Waals surface area contributed by atoms with Crippen molar-refractivity contribution in [3.63, 3.8) is 0 Å². The third kappa shape index (κ3) is 2.11. The molecule has 0 amide bonds. The van der Waals surface area contributed by atoms with E-state index in [1.165, 1.54) is 6.20 Å². The van der Waals surface area contributed by atoms with Crippen LogP contribution in [-0.4, -0.2) is 5.11 Å². The van der Waals surface area contributed by atoms with Crippen molar-refractivity contribution in [2.24, 2.45) is 0 Å². The third-order valence-electron chi connectivity index (χ3n) is 1.32. The highest BCUT2D eigenvalue weighted by Gasteiger charge is 1.96. The quantitative estimate of drug-likeness (QED) is 0.728. The SMILES string of the molecule is [C-]#[N+]C=Cc1cc(Br)ccc1O. The molecular weight excluding hydrogens is 218 g/mol. The molecule has 0 aliphatic heterocycles. The topological polar surface area (TPSA) is 24.6 Å². The summed E-state index contributed by atoms with van der Waals surface area (Å²) in [5.41, 5.74) is 0.639. The van der Waals surface area contributed by atoms with Crippen LogP contribution >= 0.6 is 15.9 Å². The van der Waals surface area contributed by atoms with Gasteiger partial charge in [0, 0.05) is 10.0 Å². The number of halogens is 1. The average molecular weight is 224 g/mol. The highest BCUT2D eigenvalue weighted by molar-refractivity contribution is 9.10. The monoisotopic (exact) mass is 223 g/mol. The Balaban J connectivity index is 3.07. The molecule has 60 valence electrons. The predicted octanol–water partition coefficient (Wildman–Crippen LogP) is 3.04. The molecule has 0 aliphatic rings. The van der Waals surface area contributed by atoms with Crippen LogP contribution in [0.15, 0.2) is 28.9 Å². The van der Waals surface area contributed by atoms with Crippen molar-refractivity contribution >= 4 is 22.0 Å². The summed E-state index contributed by atoms with van der Waals surface area (Å²) in [6.45, 7) is 6.52. The first-order valence-electron chi connectivity index (χ1n) is 3.25. The zero-order chi connectivity index (χ0) is 8.97. The maximum Gasteiger partial charge on any atom is 0.154 e. The van der Waals surface area contributed by atoms with Gasteiger partial charge in [-0.15, -0.1) is 0 Å². The van der Waals surface area contributed by atoms with Crippen molar-refractivity contribution in [1.29, 1.82) is 0 Å². The van der Waals surface area contributed by atoms with Gasteiger partial charge in [0.25, 0.3) is 0 Å². The van der Waals surface area contributed by atoms with Crippen LogP contribution in [0.25, 0.3) is 10.9 Å². The highest BCUT2D eigenvalue weighted by Crippen LogP contribution is 2.22. The Hall–Kier alpha value is -1.27. The molecule has 0 radical (unpaired) electrons. The molecule has 1 aromatic rings. The van der Waals surface area contributed by atoms with Crippen molar-refractivity contribution in [3.05, 3.63) is 45.9 Å². The molecule has 1 aromatic carbocycles. The number of benzene rings is 1. The molecule has 0 spiro atoms. The van der Waals surface area contributed by atoms with Gasteiger partial charge in [0.1, 0.15) is 5.75 Å². The van der Waals surface area contributed by atoms with Crippen LogP contribution in [0.3, 0.4) is 0 Å². The summed E-state index contributed by atoms with van der Waals surface area (Å²) in [5.74, 6) is 0.179. The lowest BCUT2D eigenvalue weighted by molar-refractivity contribution is 0.474. The number of hydrogen-bond acceptors (Lipinski definition) is 1. The number of phenolic OH excluding ortho intramolecular Hbond substituents is 1. The van der Waals surface area contributed by atoms with Crippen molar-refractivity contribution in [1.82, 2.24) is 0 Å². The van der Waals surface area contributed by atoms with Crippen LogP contribution in [0.4, 0.5) is 0 Å². The van der Waals surface area contributed by atoms with E-state index < -0.39 is 0 Å². The van der Waals surface area contributed by atoms with E-state index in [2.05, 4.69) is 20.8 Å². The third-order valence-corrected chi connectivity index (χ3v) is 1.81. The molecule has 2 nitrogen and oxygen atoms in total. The Bertz CT molecular complexity index is 352. The van der Waals surface area contributed by atoms with Crippen molar-refractivity contribution in [2.45, 2.75) is 0 Å². The van der Waals surface area contributed by atoms with E-state index in [0.29, 0.717) is 5.56 Å². The van der Waals surface area contributed by atoms with Crippen LogP contribution in [-0.2, 0) is 0 Å². The van der Waals surface area contributed by atoms with Gasteiger partial charge in [-0.2, -0.15) is 0 Å². The molecular formula is C9H6BrNO. The van der Waals surface area contributed by atoms with Gasteiger partial charge in [-0.3, -0.25) is 0 Å². The summed E-state index contributed by atoms with van der Waals surface area (Å²) in [6.07, 6.45) is 2.87. The molecule has 0 aliphatic carbocycles. The second kappa shape index (κ2) is 3.93. The largest absolute Gasteiger partial charge is 0.507 e. The maximum absolute atomic E-state index is 9.29. The van der Waals surface area contributed by atoms with E-state index in [-0.39, 0.29) is 5.75 Å². The first-order valence-corrected chi connectivity index (χ1v) is 4.05. The van der Waals surface area contributed by atoms with E-state index in [4.69, 9.17) is 6.57 Å². The summed E-state index contributed by atoms with van der Waals surface area (Å²) >= 11 is 3.27. The summed E-state index contributed by atoms with van der Waals surface area (Å²) in [7, 11) is 0. The second-order valence-electron chi connectivity index (χ2n) is 2.15. The second-order valence-corrected chi connectivity index (χ2v) is 3.06. The van der Waals surface area contributed by atoms with Crippen molar-refractivity contribution < 1.29 is 5.11 Å². The molecule has 1 N–H and O–H groups in total. The average Bonchev–Trinajstić information content (AvgIpc) is 2.07. The van der Waals surface area contributed by atoms with E-state index >= 15 is 0 Å². The minimum Gasteiger partial charge on any atom is -0.507 e. The molecule has 0 saturated carbocycles. The van der Waals surface area contributed by atoms with Gasteiger partial charge < -0.3 is 5.11 Å². The van der Waals surface area contributed by atoms with Gasteiger partial charge in [0.15, 0.2) is 6.20 Å². The van der Waals surface area contributed by atoms with E-state index in [1.54, 1.807) is 24.3 Å². The van der Waals surface area contributed by atoms with E-state index in [1.807, 2.05) is 0 Å². The molecule has 0 unspecified atom stereocenters. The zero-order valence-electron chi connectivity index (χ0n) is 6.16. The van der Waals surface area contributed by atoms with Gasteiger partial charge >= 0.3 is 0 Å². The number of aromatic hydroxyl groups is 1. The Labute approximate surface area is 79.1 Å². The normalized spacial score (nSPS) is 10.0. The number of rotatable bonds is 1. The molecule has 0 fully saturated rings. The van der Waals surface area contributed by atoms with Crippen LogP contribution in [0.5, 0.6) is 5.75 Å². The number of phenols is 1. The Kier molecular flexibility index (Phi) is 2.89. The van der Waals surface area contributed by atoms with Gasteiger partial charge in [0.2, 0.25) is 0 Å². The minimum absolute atomic E-state index is 0.179. The number of hydrogen-bond donors (Lipinski definition) is 1. The fraction of sp³-hybridized carbons (Fsp3) is 0. The van der Waals surface area contributed by atoms with Crippen LogP contribution in [0.1, 0.15) is 5.56 Å². The van der Waals surface area contributed by atoms with E-state index in [0.717, 1.165) is 4.47 Å². The molecule has 3 heteroatoms. The van der Waals surface area contributed by atoms with Gasteiger partial charge in [-0.05, 0) is 18.2 Å². The number of nitrogens with zero attached hydrogens (tertiary/aromatic N) is 1. The molecule has 0 saturated heterocycles. The van der Waals surface area contributed by atoms with Crippen molar-refractivity contribution in [2.75, 3.05) is 0 Å². The van der Waals surface area contributed by atoms with Crippen LogP contribution in [0, 0.1) is 6.57 Å². The zero-order valence-corrected chi connectivity index (χ0v) is 7.75. The summed E-state index contributed by atoms with van der Waals surface area (Å²) in [5, 5.41) is 9.29. The fourth-order valence-electron chi connectivity index (χ4n) is 0.776. The smallest absolute Gasteiger partial charge is 0.154 e. The molecule has 0 heterocycles. The molecule has 0 bridgehead atoms. The van der Waals surface area contributed by atoms with Crippen LogP contribution in [0.2, 0.25) is 0 Å².